The number of hydrogen-bond donors (Lipinski definition) is 1. The van der Waals surface area contributed by atoms with Gasteiger partial charge < -0.3 is 4.52 Å². The molecule has 0 bridgehead atoms. The summed E-state index contributed by atoms with van der Waals surface area (Å²) >= 11 is 0. The maximum Gasteiger partial charge on any atom is 0.411 e. The fraction of sp³-hybridized carbons (Fsp3) is 0.182. The van der Waals surface area contributed by atoms with Crippen LogP contribution in [0, 0.1) is 20.8 Å². The van der Waals surface area contributed by atoms with E-state index in [-0.39, 0.29) is 18.4 Å². The summed E-state index contributed by atoms with van der Waals surface area (Å²) < 4.78 is 7.80. The first-order valence-electron chi connectivity index (χ1n) is 10.1. The van der Waals surface area contributed by atoms with Gasteiger partial charge in [-0.05, 0) is 38.5 Å². The van der Waals surface area contributed by atoms with E-state index in [0.29, 0.717) is 11.5 Å². The van der Waals surface area contributed by atoms with Crippen molar-refractivity contribution in [1.29, 1.82) is 0 Å². The van der Waals surface area contributed by atoms with Crippen molar-refractivity contribution in [2.24, 2.45) is 0 Å². The highest BCUT2D eigenvalue weighted by atomic mass is 16.5. The van der Waals surface area contributed by atoms with Crippen LogP contribution in [-0.2, 0) is 6.54 Å². The molecule has 0 spiro atoms. The van der Waals surface area contributed by atoms with Gasteiger partial charge >= 0.3 is 11.6 Å². The predicted molar refractivity (Wildman–Crippen MR) is 117 cm³/mol. The normalized spacial score (nSPS) is 11.3. The molecule has 4 heterocycles. The lowest BCUT2D eigenvalue weighted by Crippen LogP contribution is -2.28. The Kier molecular flexibility index (Phi) is 4.54. The van der Waals surface area contributed by atoms with Crippen LogP contribution in [0.15, 0.2) is 51.8 Å². The number of hydrogen-bond acceptors (Lipinski definition) is 7. The molecule has 0 unspecified atom stereocenters. The molecule has 0 aliphatic rings. The summed E-state index contributed by atoms with van der Waals surface area (Å²) in [7, 11) is 0. The van der Waals surface area contributed by atoms with Crippen LogP contribution in [-0.4, -0.2) is 29.3 Å². The third-order valence-corrected chi connectivity index (χ3v) is 5.09. The third-order valence-electron chi connectivity index (χ3n) is 5.09. The standard InChI is InChI=1S/C22H20N8O2/c1-12-9-16(10-13(2)24-12)18-19(15-7-5-4-6-8-15)26-21(23)30-20(18)27-29(22(30)31)11-17-25-14(3)28-32-17/h4-10H,11H2,1-3H3,(H2,23,26)/p+1. The van der Waals surface area contributed by atoms with Crippen molar-refractivity contribution >= 4 is 11.6 Å². The zero-order valence-electron chi connectivity index (χ0n) is 17.8. The van der Waals surface area contributed by atoms with Crippen molar-refractivity contribution in [2.45, 2.75) is 27.3 Å². The van der Waals surface area contributed by atoms with E-state index in [9.17, 15) is 4.79 Å². The zero-order chi connectivity index (χ0) is 22.4. The number of anilines is 1. The zero-order valence-corrected chi connectivity index (χ0v) is 17.8. The summed E-state index contributed by atoms with van der Waals surface area (Å²) in [6, 6.07) is 13.7. The average molecular weight is 429 g/mol. The molecule has 160 valence electrons. The molecule has 0 radical (unpaired) electrons. The number of aryl methyl sites for hydroxylation is 3. The fourth-order valence-corrected chi connectivity index (χ4v) is 3.85. The quantitative estimate of drug-likeness (QED) is 0.462. The summed E-state index contributed by atoms with van der Waals surface area (Å²) in [4.78, 5) is 25.1. The van der Waals surface area contributed by atoms with Crippen LogP contribution in [0.3, 0.4) is 0 Å². The van der Waals surface area contributed by atoms with E-state index in [1.807, 2.05) is 56.3 Å². The summed E-state index contributed by atoms with van der Waals surface area (Å²) in [5, 5.41) is 8.40. The Labute approximate surface area is 182 Å². The molecule has 0 atom stereocenters. The lowest BCUT2D eigenvalue weighted by Gasteiger charge is -2.10. The molecule has 4 aromatic heterocycles. The van der Waals surface area contributed by atoms with E-state index in [2.05, 4.69) is 25.2 Å². The number of nitrogens with zero attached hydrogens (tertiary/aromatic N) is 6. The number of H-pyrrole nitrogens is 1. The smallest absolute Gasteiger partial charge is 0.337 e. The Morgan fingerprint density at radius 1 is 1.03 bits per heavy atom. The van der Waals surface area contributed by atoms with Crippen molar-refractivity contribution in [3.63, 3.8) is 0 Å². The predicted octanol–water partition coefficient (Wildman–Crippen LogP) is 1.98. The van der Waals surface area contributed by atoms with Crippen molar-refractivity contribution < 1.29 is 9.51 Å². The van der Waals surface area contributed by atoms with Gasteiger partial charge in [-0.3, -0.25) is 10.7 Å². The molecule has 0 aliphatic carbocycles. The van der Waals surface area contributed by atoms with Gasteiger partial charge in [-0.1, -0.05) is 35.5 Å². The van der Waals surface area contributed by atoms with Crippen LogP contribution < -0.4 is 16.4 Å². The van der Waals surface area contributed by atoms with E-state index in [4.69, 9.17) is 10.3 Å². The second-order valence-corrected chi connectivity index (χ2v) is 7.60. The Morgan fingerprint density at radius 3 is 2.41 bits per heavy atom. The molecule has 3 N–H and O–H groups in total. The van der Waals surface area contributed by atoms with Crippen LogP contribution in [0.5, 0.6) is 0 Å². The molecule has 1 aromatic carbocycles. The maximum absolute atomic E-state index is 13.2. The number of rotatable bonds is 4. The number of benzene rings is 1. The minimum Gasteiger partial charge on any atom is -0.337 e. The van der Waals surface area contributed by atoms with Gasteiger partial charge in [0, 0.05) is 17.0 Å². The summed E-state index contributed by atoms with van der Waals surface area (Å²) in [5.74, 6) is 0.943. The minimum atomic E-state index is -0.409. The second-order valence-electron chi connectivity index (χ2n) is 7.60. The lowest BCUT2D eigenvalue weighted by atomic mass is 9.99. The number of nitrogens with one attached hydrogen (secondary N) is 1. The molecule has 0 saturated carbocycles. The maximum atomic E-state index is 13.2. The Hall–Kier alpha value is -4.34. The highest BCUT2D eigenvalue weighted by Crippen LogP contribution is 2.32. The van der Waals surface area contributed by atoms with E-state index in [0.717, 1.165) is 33.8 Å². The number of nitrogen functional groups attached to an aromatic ring is 1. The third kappa shape index (κ3) is 3.31. The summed E-state index contributed by atoms with van der Waals surface area (Å²) in [6.45, 7) is 5.61. The molecule has 0 amide bonds. The van der Waals surface area contributed by atoms with Gasteiger partial charge in [0.2, 0.25) is 11.5 Å². The largest absolute Gasteiger partial charge is 0.411 e. The van der Waals surface area contributed by atoms with Gasteiger partial charge in [0.15, 0.2) is 5.82 Å². The Balaban J connectivity index is 1.83. The van der Waals surface area contributed by atoms with Crippen LogP contribution in [0.2, 0.25) is 0 Å². The number of pyridine rings is 1. The molecule has 10 nitrogen and oxygen atoms in total. The Bertz CT molecular complexity index is 1490. The van der Waals surface area contributed by atoms with Crippen molar-refractivity contribution in [3.8, 4) is 22.4 Å². The van der Waals surface area contributed by atoms with E-state index in [1.165, 1.54) is 9.08 Å². The summed E-state index contributed by atoms with van der Waals surface area (Å²) in [6.07, 6.45) is 0. The van der Waals surface area contributed by atoms with Crippen molar-refractivity contribution in [1.82, 2.24) is 29.3 Å². The highest BCUT2D eigenvalue weighted by Gasteiger charge is 2.26. The average Bonchev–Trinajstić information content (AvgIpc) is 3.31. The molecule has 5 aromatic rings. The highest BCUT2D eigenvalue weighted by molar-refractivity contribution is 5.88. The van der Waals surface area contributed by atoms with Gasteiger partial charge in [-0.25, -0.2) is 9.78 Å². The monoisotopic (exact) mass is 429 g/mol. The van der Waals surface area contributed by atoms with E-state index >= 15 is 0 Å². The van der Waals surface area contributed by atoms with Gasteiger partial charge in [0.25, 0.3) is 0 Å². The molecule has 0 aliphatic heterocycles. The molecule has 0 saturated heterocycles. The second kappa shape index (κ2) is 7.41. The lowest BCUT2D eigenvalue weighted by molar-refractivity contribution is -0.351. The molecule has 10 heteroatoms. The molecule has 0 fully saturated rings. The molecular formula is C22H21N8O2+. The van der Waals surface area contributed by atoms with Gasteiger partial charge in [-0.2, -0.15) is 9.67 Å². The fourth-order valence-electron chi connectivity index (χ4n) is 3.85. The molecule has 32 heavy (non-hydrogen) atoms. The van der Waals surface area contributed by atoms with Crippen LogP contribution in [0.1, 0.15) is 23.1 Å². The number of fused-ring (bicyclic) bond motifs is 1. The topological polar surface area (TPSA) is 131 Å². The van der Waals surface area contributed by atoms with Gasteiger partial charge in [-0.15, -0.1) is 9.50 Å². The van der Waals surface area contributed by atoms with E-state index < -0.39 is 5.69 Å². The first kappa shape index (κ1) is 19.6. The number of nitrogens with two attached hydrogens (primary N) is 1. The van der Waals surface area contributed by atoms with Gasteiger partial charge in [0.1, 0.15) is 12.2 Å². The molecular weight excluding hydrogens is 408 g/mol. The molecule has 5 rings (SSSR count). The van der Waals surface area contributed by atoms with Crippen molar-refractivity contribution in [3.05, 3.63) is 76.1 Å². The SMILES string of the molecule is Cc1cc(-c2c(-c3ccccc3)[nH+]c(N)n3c(=O)n(Cc4nc(C)no4)nc23)cc(C)n1. The first-order chi connectivity index (χ1) is 15.4. The van der Waals surface area contributed by atoms with Crippen LogP contribution in [0.25, 0.3) is 28.0 Å². The van der Waals surface area contributed by atoms with Crippen LogP contribution in [0.4, 0.5) is 5.95 Å². The van der Waals surface area contributed by atoms with E-state index in [1.54, 1.807) is 6.92 Å². The number of aromatic nitrogens is 7. The first-order valence-corrected chi connectivity index (χ1v) is 10.1. The Morgan fingerprint density at radius 2 is 1.75 bits per heavy atom. The van der Waals surface area contributed by atoms with Crippen LogP contribution >= 0.6 is 0 Å². The summed E-state index contributed by atoms with van der Waals surface area (Å²) in [5.41, 5.74) is 11.3. The minimum absolute atomic E-state index is 0.0370. The van der Waals surface area contributed by atoms with Crippen molar-refractivity contribution in [2.75, 3.05) is 5.73 Å². The number of aromatic amines is 1. The van der Waals surface area contributed by atoms with Gasteiger partial charge in [0.05, 0.1) is 5.56 Å².